The molecule has 0 aliphatic heterocycles. The summed E-state index contributed by atoms with van der Waals surface area (Å²) < 4.78 is 0. The van der Waals surface area contributed by atoms with E-state index in [0.717, 1.165) is 61.6 Å². The van der Waals surface area contributed by atoms with Gasteiger partial charge in [0.25, 0.3) is 11.8 Å². The molecule has 0 aliphatic rings. The average Bonchev–Trinajstić information content (AvgIpc) is 2.99. The minimum absolute atomic E-state index is 0. The predicted octanol–water partition coefficient (Wildman–Crippen LogP) is 6.15. The highest BCUT2D eigenvalue weighted by molar-refractivity contribution is 6.07. The highest BCUT2D eigenvalue weighted by atomic mass is 35.5. The van der Waals surface area contributed by atoms with Crippen LogP contribution in [-0.4, -0.2) is 50.7 Å². The minimum atomic E-state index is -0.248. The maximum Gasteiger partial charge on any atom is 0.255 e. The third kappa shape index (κ3) is 10.1. The topological polar surface area (TPSA) is 107 Å². The molecule has 0 atom stereocenters. The van der Waals surface area contributed by atoms with Crippen molar-refractivity contribution in [2.45, 2.75) is 39.5 Å². The Morgan fingerprint density at radius 3 is 1.17 bits per heavy atom. The second-order valence-electron chi connectivity index (χ2n) is 9.35. The molecule has 0 radical (unpaired) electrons. The Morgan fingerprint density at radius 1 is 0.561 bits per heavy atom. The smallest absolute Gasteiger partial charge is 0.255 e. The summed E-state index contributed by atoms with van der Waals surface area (Å²) in [6, 6.07) is 21.7. The Morgan fingerprint density at radius 2 is 0.878 bits per heavy atom. The second kappa shape index (κ2) is 17.5. The number of halogens is 1. The SMILES string of the molecule is CCCCNC(=NC)c1ccc(NC(=O)c2ccc(C(=O)Nc3ccc(C(=NC)NCCCC)cc3)cc2)cc1.Cl. The predicted molar refractivity (Wildman–Crippen MR) is 173 cm³/mol. The number of anilines is 2. The average molecular weight is 577 g/mol. The van der Waals surface area contributed by atoms with Crippen molar-refractivity contribution in [2.24, 2.45) is 9.98 Å². The minimum Gasteiger partial charge on any atom is -0.370 e. The van der Waals surface area contributed by atoms with Crippen LogP contribution in [0.1, 0.15) is 71.4 Å². The fourth-order valence-corrected chi connectivity index (χ4v) is 3.99. The van der Waals surface area contributed by atoms with Gasteiger partial charge in [-0.1, -0.05) is 26.7 Å². The van der Waals surface area contributed by atoms with E-state index in [0.29, 0.717) is 22.5 Å². The van der Waals surface area contributed by atoms with Gasteiger partial charge in [0.15, 0.2) is 0 Å². The summed E-state index contributed by atoms with van der Waals surface area (Å²) >= 11 is 0. The lowest BCUT2D eigenvalue weighted by atomic mass is 10.1. The molecule has 4 N–H and O–H groups in total. The molecule has 8 nitrogen and oxygen atoms in total. The molecule has 0 unspecified atom stereocenters. The van der Waals surface area contributed by atoms with Crippen LogP contribution in [0.4, 0.5) is 11.4 Å². The Hall–Kier alpha value is -4.17. The molecule has 9 heteroatoms. The van der Waals surface area contributed by atoms with Crippen molar-refractivity contribution in [1.82, 2.24) is 10.6 Å². The highest BCUT2D eigenvalue weighted by Gasteiger charge is 2.11. The van der Waals surface area contributed by atoms with E-state index in [-0.39, 0.29) is 24.2 Å². The zero-order valence-electron chi connectivity index (χ0n) is 24.3. The third-order valence-corrected chi connectivity index (χ3v) is 6.33. The summed E-state index contributed by atoms with van der Waals surface area (Å²) in [5.41, 5.74) is 4.21. The number of nitrogens with zero attached hydrogens (tertiary/aromatic N) is 2. The molecular weight excluding hydrogens is 536 g/mol. The van der Waals surface area contributed by atoms with Crippen molar-refractivity contribution in [2.75, 3.05) is 37.8 Å². The van der Waals surface area contributed by atoms with E-state index in [1.54, 1.807) is 38.4 Å². The Bertz CT molecular complexity index is 1200. The summed E-state index contributed by atoms with van der Waals surface area (Å²) in [7, 11) is 3.52. The van der Waals surface area contributed by atoms with Gasteiger partial charge < -0.3 is 21.3 Å². The number of hydrogen-bond donors (Lipinski definition) is 4. The van der Waals surface area contributed by atoms with Crippen molar-refractivity contribution in [3.8, 4) is 0 Å². The molecule has 0 heterocycles. The number of unbranched alkanes of at least 4 members (excludes halogenated alkanes) is 2. The number of amides is 2. The van der Waals surface area contributed by atoms with Crippen LogP contribution in [-0.2, 0) is 0 Å². The molecule has 0 saturated carbocycles. The van der Waals surface area contributed by atoms with Gasteiger partial charge in [-0.2, -0.15) is 0 Å². The van der Waals surface area contributed by atoms with Gasteiger partial charge in [0, 0.05) is 60.8 Å². The van der Waals surface area contributed by atoms with Crippen LogP contribution in [0.25, 0.3) is 0 Å². The first kappa shape index (κ1) is 33.0. The van der Waals surface area contributed by atoms with Crippen LogP contribution in [0.3, 0.4) is 0 Å². The van der Waals surface area contributed by atoms with Gasteiger partial charge in [-0.05, 0) is 85.6 Å². The first-order valence-corrected chi connectivity index (χ1v) is 13.8. The monoisotopic (exact) mass is 576 g/mol. The van der Waals surface area contributed by atoms with Crippen molar-refractivity contribution in [3.63, 3.8) is 0 Å². The van der Waals surface area contributed by atoms with Crippen molar-refractivity contribution in [1.29, 1.82) is 0 Å². The number of amidine groups is 2. The number of nitrogens with one attached hydrogen (secondary N) is 4. The van der Waals surface area contributed by atoms with Gasteiger partial charge in [-0.3, -0.25) is 19.6 Å². The number of rotatable bonds is 12. The molecular formula is C32H41ClN6O2. The van der Waals surface area contributed by atoms with Crippen LogP contribution in [0.5, 0.6) is 0 Å². The van der Waals surface area contributed by atoms with E-state index >= 15 is 0 Å². The van der Waals surface area contributed by atoms with E-state index in [2.05, 4.69) is 45.1 Å². The van der Waals surface area contributed by atoms with Crippen molar-refractivity contribution >= 4 is 47.3 Å². The summed E-state index contributed by atoms with van der Waals surface area (Å²) in [5, 5.41) is 12.5. The molecule has 41 heavy (non-hydrogen) atoms. The van der Waals surface area contributed by atoms with Gasteiger partial charge >= 0.3 is 0 Å². The van der Waals surface area contributed by atoms with E-state index in [4.69, 9.17) is 0 Å². The van der Waals surface area contributed by atoms with Crippen LogP contribution in [0.2, 0.25) is 0 Å². The van der Waals surface area contributed by atoms with Gasteiger partial charge in [-0.15, -0.1) is 12.4 Å². The zero-order chi connectivity index (χ0) is 28.7. The van der Waals surface area contributed by atoms with Gasteiger partial charge in [-0.25, -0.2) is 0 Å². The first-order valence-electron chi connectivity index (χ1n) is 13.8. The lowest BCUT2D eigenvalue weighted by Gasteiger charge is -2.11. The molecule has 0 saturated heterocycles. The van der Waals surface area contributed by atoms with E-state index in [1.165, 1.54) is 0 Å². The maximum atomic E-state index is 12.8. The Balaban J connectivity index is 0.00000588. The van der Waals surface area contributed by atoms with Gasteiger partial charge in [0.05, 0.1) is 0 Å². The second-order valence-corrected chi connectivity index (χ2v) is 9.35. The Kier molecular flexibility index (Phi) is 14.1. The number of hydrogen-bond acceptors (Lipinski definition) is 4. The summed E-state index contributed by atoms with van der Waals surface area (Å²) in [6.07, 6.45) is 4.38. The van der Waals surface area contributed by atoms with Crippen LogP contribution in [0.15, 0.2) is 82.8 Å². The molecule has 0 fully saturated rings. The van der Waals surface area contributed by atoms with Gasteiger partial charge in [0.1, 0.15) is 11.7 Å². The molecule has 2 amide bonds. The maximum absolute atomic E-state index is 12.8. The number of carbonyl (C=O) groups excluding carboxylic acids is 2. The highest BCUT2D eigenvalue weighted by Crippen LogP contribution is 2.15. The molecule has 3 aromatic carbocycles. The van der Waals surface area contributed by atoms with Crippen molar-refractivity contribution < 1.29 is 9.59 Å². The van der Waals surface area contributed by atoms with Crippen LogP contribution < -0.4 is 21.3 Å². The molecule has 0 aromatic heterocycles. The van der Waals surface area contributed by atoms with Crippen molar-refractivity contribution in [3.05, 3.63) is 95.1 Å². The standard InChI is InChI=1S/C32H40N6O2.ClH/c1-5-7-21-35-29(33-3)23-13-17-27(18-14-23)37-31(39)25-9-11-26(12-10-25)32(40)38-28-19-15-24(16-20-28)30(34-4)36-22-8-6-2;/h9-20H,5-8,21-22H2,1-4H3,(H,33,35)(H,34,36)(H,37,39)(H,38,40);1H. The lowest BCUT2D eigenvalue weighted by Crippen LogP contribution is -2.25. The molecule has 3 aromatic rings. The van der Waals surface area contributed by atoms with Crippen LogP contribution in [0, 0.1) is 0 Å². The van der Waals surface area contributed by atoms with E-state index in [9.17, 15) is 9.59 Å². The van der Waals surface area contributed by atoms with E-state index < -0.39 is 0 Å². The number of carbonyl (C=O) groups is 2. The lowest BCUT2D eigenvalue weighted by molar-refractivity contribution is 0.101. The zero-order valence-corrected chi connectivity index (χ0v) is 25.1. The number of aliphatic imine (C=N–C) groups is 2. The first-order chi connectivity index (χ1) is 19.5. The molecule has 0 bridgehead atoms. The fourth-order valence-electron chi connectivity index (χ4n) is 3.99. The summed E-state index contributed by atoms with van der Waals surface area (Å²) in [5.74, 6) is 1.16. The quantitative estimate of drug-likeness (QED) is 0.118. The van der Waals surface area contributed by atoms with E-state index in [1.807, 2.05) is 48.5 Å². The summed E-state index contributed by atoms with van der Waals surface area (Å²) in [6.45, 7) is 6.04. The fraction of sp³-hybridized carbons (Fsp3) is 0.312. The molecule has 218 valence electrons. The third-order valence-electron chi connectivity index (χ3n) is 6.33. The molecule has 0 spiro atoms. The number of benzene rings is 3. The van der Waals surface area contributed by atoms with Crippen LogP contribution >= 0.6 is 12.4 Å². The largest absolute Gasteiger partial charge is 0.370 e. The molecule has 0 aliphatic carbocycles. The normalized spacial score (nSPS) is 11.3. The molecule has 3 rings (SSSR count). The Labute approximate surface area is 249 Å². The summed E-state index contributed by atoms with van der Waals surface area (Å²) in [4.78, 5) is 34.2. The van der Waals surface area contributed by atoms with Gasteiger partial charge in [0.2, 0.25) is 0 Å².